The molecule has 2 N–H and O–H groups in total. The van der Waals surface area contributed by atoms with Crippen LogP contribution in [0.4, 0.5) is 10.5 Å². The van der Waals surface area contributed by atoms with Gasteiger partial charge in [0, 0.05) is 12.1 Å². The maximum absolute atomic E-state index is 13.6. The normalized spacial score (nSPS) is 17.9. The minimum Gasteiger partial charge on any atom is -0.325 e. The van der Waals surface area contributed by atoms with E-state index < -0.39 is 23.4 Å². The van der Waals surface area contributed by atoms with Crippen LogP contribution in [0.5, 0.6) is 0 Å². The smallest absolute Gasteiger partial charge is 0.325 e. The number of carbonyl (C=O) groups excluding carboxylic acids is 3. The summed E-state index contributed by atoms with van der Waals surface area (Å²) >= 11 is 0. The van der Waals surface area contributed by atoms with E-state index in [4.69, 9.17) is 0 Å². The number of benzene rings is 3. The Morgan fingerprint density at radius 1 is 0.906 bits per heavy atom. The summed E-state index contributed by atoms with van der Waals surface area (Å²) in [5.41, 5.74) is 3.12. The van der Waals surface area contributed by atoms with Crippen molar-refractivity contribution in [1.82, 2.24) is 10.2 Å². The number of nitrogens with one attached hydrogen (secondary N) is 2. The number of anilines is 1. The predicted octanol–water partition coefficient (Wildman–Crippen LogP) is 3.93. The number of nitrogens with zero attached hydrogens (tertiary/aromatic N) is 1. The zero-order valence-corrected chi connectivity index (χ0v) is 18.1. The van der Waals surface area contributed by atoms with E-state index in [1.54, 1.807) is 6.07 Å². The lowest BCUT2D eigenvalue weighted by Crippen LogP contribution is -2.46. The third kappa shape index (κ3) is 4.12. The molecule has 1 saturated heterocycles. The van der Waals surface area contributed by atoms with Gasteiger partial charge in [0.1, 0.15) is 6.54 Å². The highest BCUT2D eigenvalue weighted by Gasteiger charge is 2.52. The van der Waals surface area contributed by atoms with Crippen molar-refractivity contribution in [2.75, 3.05) is 11.9 Å². The number of urea groups is 1. The fourth-order valence-corrected chi connectivity index (χ4v) is 3.98. The molecule has 4 rings (SSSR count). The standard InChI is InChI=1S/C26H25N3O3/c1-18-13-14-22(15-19(18)2)27-23(30)17-29-24(31)26(28-25(29)32,21-11-7-4-8-12-21)16-20-9-5-3-6-10-20/h3-15H,16-17H2,1-2H3,(H,27,30)(H,28,32). The van der Waals surface area contributed by atoms with Gasteiger partial charge < -0.3 is 10.6 Å². The van der Waals surface area contributed by atoms with E-state index >= 15 is 0 Å². The minimum absolute atomic E-state index is 0.289. The van der Waals surface area contributed by atoms with Gasteiger partial charge in [0.15, 0.2) is 5.54 Å². The van der Waals surface area contributed by atoms with E-state index in [1.807, 2.05) is 86.6 Å². The molecule has 0 radical (unpaired) electrons. The molecule has 0 aliphatic carbocycles. The molecule has 3 aromatic carbocycles. The number of carbonyl (C=O) groups is 3. The fourth-order valence-electron chi connectivity index (χ4n) is 3.98. The minimum atomic E-state index is -1.26. The van der Waals surface area contributed by atoms with Crippen LogP contribution in [0.2, 0.25) is 0 Å². The molecule has 32 heavy (non-hydrogen) atoms. The lowest BCUT2D eigenvalue weighted by molar-refractivity contribution is -0.134. The van der Waals surface area contributed by atoms with Gasteiger partial charge in [-0.05, 0) is 48.2 Å². The molecule has 1 aliphatic heterocycles. The van der Waals surface area contributed by atoms with E-state index in [-0.39, 0.29) is 13.0 Å². The third-order valence-corrected chi connectivity index (χ3v) is 5.85. The van der Waals surface area contributed by atoms with E-state index in [1.165, 1.54) is 0 Å². The van der Waals surface area contributed by atoms with Crippen molar-refractivity contribution >= 4 is 23.5 Å². The molecule has 6 heteroatoms. The second-order valence-corrected chi connectivity index (χ2v) is 8.10. The van der Waals surface area contributed by atoms with Crippen molar-refractivity contribution in [2.24, 2.45) is 0 Å². The first-order chi connectivity index (χ1) is 15.4. The first-order valence-electron chi connectivity index (χ1n) is 10.5. The summed E-state index contributed by atoms with van der Waals surface area (Å²) in [5.74, 6) is -0.867. The zero-order chi connectivity index (χ0) is 22.7. The first kappa shape index (κ1) is 21.3. The molecule has 3 aromatic rings. The van der Waals surface area contributed by atoms with Crippen LogP contribution in [0.3, 0.4) is 0 Å². The Kier molecular flexibility index (Phi) is 5.77. The van der Waals surface area contributed by atoms with Crippen LogP contribution in [-0.2, 0) is 21.5 Å². The monoisotopic (exact) mass is 427 g/mol. The number of hydrogen-bond acceptors (Lipinski definition) is 3. The quantitative estimate of drug-likeness (QED) is 0.585. The third-order valence-electron chi connectivity index (χ3n) is 5.85. The van der Waals surface area contributed by atoms with Gasteiger partial charge in [-0.25, -0.2) is 4.79 Å². The largest absolute Gasteiger partial charge is 0.325 e. The highest BCUT2D eigenvalue weighted by molar-refractivity contribution is 6.10. The molecule has 1 fully saturated rings. The average Bonchev–Trinajstić information content (AvgIpc) is 3.02. The van der Waals surface area contributed by atoms with Crippen LogP contribution in [0.25, 0.3) is 0 Å². The van der Waals surface area contributed by atoms with Crippen molar-refractivity contribution in [3.05, 3.63) is 101 Å². The van der Waals surface area contributed by atoms with E-state index in [9.17, 15) is 14.4 Å². The summed E-state index contributed by atoms with van der Waals surface area (Å²) in [7, 11) is 0. The van der Waals surface area contributed by atoms with Crippen LogP contribution in [0, 0.1) is 13.8 Å². The Morgan fingerprint density at radius 3 is 2.22 bits per heavy atom. The molecule has 1 atom stereocenters. The molecule has 0 spiro atoms. The van der Waals surface area contributed by atoms with Crippen LogP contribution < -0.4 is 10.6 Å². The van der Waals surface area contributed by atoms with Crippen LogP contribution >= 0.6 is 0 Å². The van der Waals surface area contributed by atoms with Crippen LogP contribution in [0.1, 0.15) is 22.3 Å². The molecular formula is C26H25N3O3. The second-order valence-electron chi connectivity index (χ2n) is 8.10. The molecule has 0 aromatic heterocycles. The molecular weight excluding hydrogens is 402 g/mol. The predicted molar refractivity (Wildman–Crippen MR) is 123 cm³/mol. The molecule has 4 amide bonds. The maximum atomic E-state index is 13.6. The van der Waals surface area contributed by atoms with Crippen molar-refractivity contribution in [2.45, 2.75) is 25.8 Å². The summed E-state index contributed by atoms with van der Waals surface area (Å²) in [6.07, 6.45) is 0.289. The van der Waals surface area contributed by atoms with Crippen LogP contribution in [0.15, 0.2) is 78.9 Å². The van der Waals surface area contributed by atoms with Crippen molar-refractivity contribution in [3.63, 3.8) is 0 Å². The SMILES string of the molecule is Cc1ccc(NC(=O)CN2C(=O)NC(Cc3ccccc3)(c3ccccc3)C2=O)cc1C. The number of imide groups is 1. The maximum Gasteiger partial charge on any atom is 0.325 e. The van der Waals surface area contributed by atoms with Gasteiger partial charge in [-0.2, -0.15) is 0 Å². The Balaban J connectivity index is 1.59. The van der Waals surface area contributed by atoms with Crippen molar-refractivity contribution < 1.29 is 14.4 Å². The second kappa shape index (κ2) is 8.67. The lowest BCUT2D eigenvalue weighted by atomic mass is 9.83. The lowest BCUT2D eigenvalue weighted by Gasteiger charge is -2.27. The van der Waals surface area contributed by atoms with Gasteiger partial charge in [0.05, 0.1) is 0 Å². The van der Waals surface area contributed by atoms with Crippen LogP contribution in [-0.4, -0.2) is 29.3 Å². The fraction of sp³-hybridized carbons (Fsp3) is 0.192. The van der Waals surface area contributed by atoms with Gasteiger partial charge in [0.2, 0.25) is 5.91 Å². The van der Waals surface area contributed by atoms with E-state index in [2.05, 4.69) is 10.6 Å². The number of aryl methyl sites for hydroxylation is 2. The van der Waals surface area contributed by atoms with Gasteiger partial charge in [-0.1, -0.05) is 66.7 Å². The summed E-state index contributed by atoms with van der Waals surface area (Å²) in [6, 6.07) is 23.7. The molecule has 1 heterocycles. The van der Waals surface area contributed by atoms with E-state index in [0.29, 0.717) is 11.3 Å². The summed E-state index contributed by atoms with van der Waals surface area (Å²) in [4.78, 5) is 40.1. The highest BCUT2D eigenvalue weighted by atomic mass is 16.2. The van der Waals surface area contributed by atoms with Gasteiger partial charge in [-0.3, -0.25) is 14.5 Å². The van der Waals surface area contributed by atoms with E-state index in [0.717, 1.165) is 21.6 Å². The number of amides is 4. The molecule has 0 saturated carbocycles. The van der Waals surface area contributed by atoms with Gasteiger partial charge in [0.25, 0.3) is 5.91 Å². The summed E-state index contributed by atoms with van der Waals surface area (Å²) in [6.45, 7) is 3.59. The highest BCUT2D eigenvalue weighted by Crippen LogP contribution is 2.33. The molecule has 0 bridgehead atoms. The van der Waals surface area contributed by atoms with Gasteiger partial charge >= 0.3 is 6.03 Å². The average molecular weight is 428 g/mol. The summed E-state index contributed by atoms with van der Waals surface area (Å²) in [5, 5.41) is 5.66. The van der Waals surface area contributed by atoms with Crippen molar-refractivity contribution in [3.8, 4) is 0 Å². The number of hydrogen-bond donors (Lipinski definition) is 2. The van der Waals surface area contributed by atoms with Crippen molar-refractivity contribution in [1.29, 1.82) is 0 Å². The molecule has 6 nitrogen and oxygen atoms in total. The Hall–Kier alpha value is -3.93. The first-order valence-corrected chi connectivity index (χ1v) is 10.5. The topological polar surface area (TPSA) is 78.5 Å². The molecule has 1 aliphatic rings. The molecule has 162 valence electrons. The molecule has 1 unspecified atom stereocenters. The summed E-state index contributed by atoms with van der Waals surface area (Å²) < 4.78 is 0. The Morgan fingerprint density at radius 2 is 1.56 bits per heavy atom. The zero-order valence-electron chi connectivity index (χ0n) is 18.1. The van der Waals surface area contributed by atoms with Gasteiger partial charge in [-0.15, -0.1) is 0 Å². The Bertz CT molecular complexity index is 1160. The Labute approximate surface area is 187 Å². The number of rotatable bonds is 6.